The van der Waals surface area contributed by atoms with Gasteiger partial charge in [0.25, 0.3) is 5.56 Å². The molecule has 0 spiro atoms. The van der Waals surface area contributed by atoms with Gasteiger partial charge in [0.05, 0.1) is 0 Å². The number of hydrogen-bond acceptors (Lipinski definition) is 6. The van der Waals surface area contributed by atoms with Crippen molar-refractivity contribution in [3.63, 3.8) is 0 Å². The summed E-state index contributed by atoms with van der Waals surface area (Å²) in [5.41, 5.74) is 8.97. The molecule has 4 heterocycles. The molecule has 2 N–H and O–H groups in total. The van der Waals surface area contributed by atoms with E-state index in [1.54, 1.807) is 23.2 Å². The highest BCUT2D eigenvalue weighted by atomic mass is 32.1. The Morgan fingerprint density at radius 2 is 1.97 bits per heavy atom. The minimum atomic E-state index is -0.0979. The first-order valence-corrected chi connectivity index (χ1v) is 11.8. The molecule has 0 amide bonds. The second-order valence-corrected chi connectivity index (χ2v) is 10.9. The number of nitrogen functional groups attached to an aromatic ring is 1. The summed E-state index contributed by atoms with van der Waals surface area (Å²) in [6, 6.07) is 7.83. The lowest BCUT2D eigenvalue weighted by molar-refractivity contribution is 0.145. The molecule has 0 unspecified atom stereocenters. The first kappa shape index (κ1) is 20.1. The summed E-state index contributed by atoms with van der Waals surface area (Å²) in [6.45, 7) is 6.55. The summed E-state index contributed by atoms with van der Waals surface area (Å²) in [5.74, 6) is 1.83. The molecule has 8 heteroatoms. The number of anilines is 1. The van der Waals surface area contributed by atoms with Crippen molar-refractivity contribution in [3.05, 3.63) is 70.1 Å². The zero-order chi connectivity index (χ0) is 22.9. The molecule has 0 aliphatic heterocycles. The molecule has 33 heavy (non-hydrogen) atoms. The van der Waals surface area contributed by atoms with Crippen molar-refractivity contribution in [2.75, 3.05) is 5.73 Å². The highest BCUT2D eigenvalue weighted by molar-refractivity contribution is 7.14. The van der Waals surface area contributed by atoms with Crippen molar-refractivity contribution >= 4 is 33.4 Å². The lowest BCUT2D eigenvalue weighted by Crippen LogP contribution is -2.31. The fraction of sp³-hybridized carbons (Fsp3) is 0.280. The molecule has 7 nitrogen and oxygen atoms in total. The maximum absolute atomic E-state index is 13.4. The number of aryl methyl sites for hydroxylation is 1. The van der Waals surface area contributed by atoms with Crippen LogP contribution in [0, 0.1) is 12.3 Å². The Morgan fingerprint density at radius 3 is 2.70 bits per heavy atom. The smallest absolute Gasteiger partial charge is 0.264 e. The Balaban J connectivity index is 1.54. The maximum atomic E-state index is 13.4. The summed E-state index contributed by atoms with van der Waals surface area (Å²) in [6.07, 6.45) is 9.39. The van der Waals surface area contributed by atoms with Gasteiger partial charge in [-0.25, -0.2) is 15.0 Å². The Labute approximate surface area is 194 Å². The van der Waals surface area contributed by atoms with E-state index in [2.05, 4.69) is 28.2 Å². The Morgan fingerprint density at radius 1 is 1.15 bits per heavy atom. The van der Waals surface area contributed by atoms with Gasteiger partial charge >= 0.3 is 0 Å². The van der Waals surface area contributed by atoms with Gasteiger partial charge in [0.15, 0.2) is 5.13 Å². The third-order valence-corrected chi connectivity index (χ3v) is 7.48. The van der Waals surface area contributed by atoms with Crippen LogP contribution in [-0.2, 0) is 0 Å². The normalized spacial score (nSPS) is 15.8. The minimum Gasteiger partial charge on any atom is -0.382 e. The van der Waals surface area contributed by atoms with Gasteiger partial charge < -0.3 is 5.73 Å². The molecule has 5 aromatic rings. The first-order chi connectivity index (χ1) is 15.8. The fourth-order valence-electron chi connectivity index (χ4n) is 5.02. The van der Waals surface area contributed by atoms with Gasteiger partial charge in [-0.15, -0.1) is 11.3 Å². The number of aromatic nitrogens is 5. The average Bonchev–Trinajstić information content (AvgIpc) is 3.37. The average molecular weight is 457 g/mol. The van der Waals surface area contributed by atoms with E-state index in [0.717, 1.165) is 45.7 Å². The molecule has 1 aromatic carbocycles. The molecular formula is C25H24N6OS. The van der Waals surface area contributed by atoms with Crippen LogP contribution < -0.4 is 11.3 Å². The Hall–Kier alpha value is -3.52. The monoisotopic (exact) mass is 456 g/mol. The van der Waals surface area contributed by atoms with Crippen LogP contribution in [0.15, 0.2) is 53.8 Å². The van der Waals surface area contributed by atoms with Crippen LogP contribution in [0.2, 0.25) is 0 Å². The van der Waals surface area contributed by atoms with E-state index in [-0.39, 0.29) is 5.56 Å². The van der Waals surface area contributed by atoms with Crippen LogP contribution in [0.25, 0.3) is 32.7 Å². The first-order valence-electron chi connectivity index (χ1n) is 11.0. The van der Waals surface area contributed by atoms with E-state index in [0.29, 0.717) is 27.7 Å². The van der Waals surface area contributed by atoms with E-state index in [9.17, 15) is 4.79 Å². The predicted molar refractivity (Wildman–Crippen MR) is 132 cm³/mol. The topological polar surface area (TPSA) is 91.1 Å². The summed E-state index contributed by atoms with van der Waals surface area (Å²) in [5, 5.41) is 2.17. The van der Waals surface area contributed by atoms with Crippen LogP contribution in [-0.4, -0.2) is 23.9 Å². The summed E-state index contributed by atoms with van der Waals surface area (Å²) >= 11 is 1.49. The van der Waals surface area contributed by atoms with Crippen molar-refractivity contribution in [2.24, 2.45) is 5.41 Å². The lowest BCUT2D eigenvalue weighted by Gasteiger charge is -2.41. The number of hydrogen-bond donors (Lipinski definition) is 1. The third kappa shape index (κ3) is 3.16. The van der Waals surface area contributed by atoms with Gasteiger partial charge in [-0.1, -0.05) is 26.0 Å². The predicted octanol–water partition coefficient (Wildman–Crippen LogP) is 4.95. The molecule has 1 aliphatic carbocycles. The van der Waals surface area contributed by atoms with E-state index >= 15 is 0 Å². The number of nitrogens with zero attached hydrogens (tertiary/aromatic N) is 5. The fourth-order valence-corrected chi connectivity index (χ4v) is 5.77. The molecular weight excluding hydrogens is 432 g/mol. The molecule has 1 aliphatic rings. The van der Waals surface area contributed by atoms with Crippen molar-refractivity contribution in [1.82, 2.24) is 23.9 Å². The molecule has 1 saturated carbocycles. The van der Waals surface area contributed by atoms with Crippen LogP contribution >= 0.6 is 11.3 Å². The molecule has 166 valence electrons. The number of thiazole rings is 1. The maximum Gasteiger partial charge on any atom is 0.264 e. The molecule has 4 aromatic heterocycles. The van der Waals surface area contributed by atoms with Gasteiger partial charge in [0.1, 0.15) is 22.9 Å². The zero-order valence-electron chi connectivity index (χ0n) is 18.7. The van der Waals surface area contributed by atoms with Gasteiger partial charge in [-0.3, -0.25) is 13.8 Å². The Bertz CT molecular complexity index is 1600. The van der Waals surface area contributed by atoms with E-state index in [1.165, 1.54) is 11.3 Å². The second kappa shape index (κ2) is 6.99. The number of pyridine rings is 1. The number of rotatable bonds is 3. The number of nitrogens with two attached hydrogens (primary N) is 1. The van der Waals surface area contributed by atoms with Crippen LogP contribution in [0.1, 0.15) is 43.3 Å². The SMILES string of the molecule is Cc1cnc(-n2ccc3ccc(-c4nc(C5CC(C)(C)C5)n5ccnc(N)c45)cc3c2=O)s1. The van der Waals surface area contributed by atoms with Crippen LogP contribution in [0.5, 0.6) is 0 Å². The Kier molecular flexibility index (Phi) is 4.26. The summed E-state index contributed by atoms with van der Waals surface area (Å²) in [7, 11) is 0. The van der Waals surface area contributed by atoms with Crippen LogP contribution in [0.4, 0.5) is 5.82 Å². The summed E-state index contributed by atoms with van der Waals surface area (Å²) in [4.78, 5) is 28.2. The van der Waals surface area contributed by atoms with Gasteiger partial charge in [0, 0.05) is 46.5 Å². The van der Waals surface area contributed by atoms with Crippen molar-refractivity contribution in [2.45, 2.75) is 39.5 Å². The second-order valence-electron chi connectivity index (χ2n) is 9.67. The molecule has 0 bridgehead atoms. The van der Waals surface area contributed by atoms with E-state index < -0.39 is 0 Å². The molecule has 0 saturated heterocycles. The van der Waals surface area contributed by atoms with Crippen LogP contribution in [0.3, 0.4) is 0 Å². The van der Waals surface area contributed by atoms with E-state index in [1.807, 2.05) is 37.4 Å². The number of imidazole rings is 1. The van der Waals surface area contributed by atoms with Crippen molar-refractivity contribution < 1.29 is 0 Å². The highest BCUT2D eigenvalue weighted by Gasteiger charge is 2.39. The van der Waals surface area contributed by atoms with Gasteiger partial charge in [0.2, 0.25) is 0 Å². The number of fused-ring (bicyclic) bond motifs is 2. The van der Waals surface area contributed by atoms with Crippen molar-refractivity contribution in [3.8, 4) is 16.4 Å². The third-order valence-electron chi connectivity index (χ3n) is 6.57. The quantitative estimate of drug-likeness (QED) is 0.415. The minimum absolute atomic E-state index is 0.0979. The highest BCUT2D eigenvalue weighted by Crippen LogP contribution is 2.50. The standard InChI is InChI=1S/C25H24N6OS/c1-14-13-28-24(33-14)31-8-6-15-4-5-16(10-18(15)23(31)32)19-20-21(26)27-7-9-30(20)22(29-19)17-11-25(2,3)12-17/h4-10,13,17H,11-12H2,1-3H3,(H2,26,27). The lowest BCUT2D eigenvalue weighted by atomic mass is 9.64. The molecule has 1 fully saturated rings. The largest absolute Gasteiger partial charge is 0.382 e. The summed E-state index contributed by atoms with van der Waals surface area (Å²) < 4.78 is 3.68. The zero-order valence-corrected chi connectivity index (χ0v) is 19.6. The molecule has 6 rings (SSSR count). The van der Waals surface area contributed by atoms with Gasteiger partial charge in [-0.05, 0) is 42.7 Å². The van der Waals surface area contributed by atoms with E-state index in [4.69, 9.17) is 10.7 Å². The van der Waals surface area contributed by atoms with Crippen molar-refractivity contribution in [1.29, 1.82) is 0 Å². The molecule has 0 radical (unpaired) electrons. The van der Waals surface area contributed by atoms with Gasteiger partial charge in [-0.2, -0.15) is 0 Å². The number of benzene rings is 1. The molecule has 0 atom stereocenters.